The molecule has 2 aromatic heterocycles. The van der Waals surface area contributed by atoms with E-state index in [0.717, 1.165) is 11.4 Å². The van der Waals surface area contributed by atoms with Crippen LogP contribution >= 0.6 is 12.2 Å². The van der Waals surface area contributed by atoms with Crippen molar-refractivity contribution in [2.24, 2.45) is 0 Å². The molecule has 0 radical (unpaired) electrons. The summed E-state index contributed by atoms with van der Waals surface area (Å²) in [4.78, 5) is 31.7. The molecule has 1 aliphatic heterocycles. The van der Waals surface area contributed by atoms with Gasteiger partial charge in [0.25, 0.3) is 0 Å². The SMILES string of the molecule is COCC(=O)Nc1cc(N2C(=S)N[C@@H](c3ccccn3)[C@@H]2c2cccn2-c2ccccc2C(=O)OC)ccc1OC. The van der Waals surface area contributed by atoms with Crippen LogP contribution in [0.1, 0.15) is 33.8 Å². The maximum absolute atomic E-state index is 12.7. The van der Waals surface area contributed by atoms with Crippen molar-refractivity contribution in [2.75, 3.05) is 38.2 Å². The van der Waals surface area contributed by atoms with Crippen molar-refractivity contribution in [1.29, 1.82) is 0 Å². The Balaban J connectivity index is 1.66. The average Bonchev–Trinajstić information content (AvgIpc) is 3.61. The van der Waals surface area contributed by atoms with Crippen LogP contribution in [0.4, 0.5) is 11.4 Å². The van der Waals surface area contributed by atoms with Gasteiger partial charge < -0.3 is 34.3 Å². The lowest BCUT2D eigenvalue weighted by Crippen LogP contribution is -2.30. The van der Waals surface area contributed by atoms with Crippen molar-refractivity contribution >= 4 is 40.6 Å². The van der Waals surface area contributed by atoms with Gasteiger partial charge in [0.2, 0.25) is 5.91 Å². The Morgan fingerprint density at radius 3 is 2.56 bits per heavy atom. The van der Waals surface area contributed by atoms with Crippen molar-refractivity contribution in [1.82, 2.24) is 14.9 Å². The molecule has 2 N–H and O–H groups in total. The van der Waals surface area contributed by atoms with Gasteiger partial charge >= 0.3 is 5.97 Å². The Morgan fingerprint density at radius 2 is 1.83 bits per heavy atom. The molecule has 3 heterocycles. The fraction of sp³-hybridized carbons (Fsp3) is 0.200. The zero-order chi connectivity index (χ0) is 28.9. The highest BCUT2D eigenvalue weighted by atomic mass is 32.1. The normalized spacial score (nSPS) is 16.3. The molecular weight excluding hydrogens is 542 g/mol. The Bertz CT molecular complexity index is 1570. The summed E-state index contributed by atoms with van der Waals surface area (Å²) < 4.78 is 17.5. The molecule has 4 aromatic rings. The number of para-hydroxylation sites is 1. The zero-order valence-electron chi connectivity index (χ0n) is 22.7. The summed E-state index contributed by atoms with van der Waals surface area (Å²) in [6.45, 7) is -0.103. The fourth-order valence-corrected chi connectivity index (χ4v) is 5.36. The third kappa shape index (κ3) is 5.49. The van der Waals surface area contributed by atoms with Gasteiger partial charge in [-0.25, -0.2) is 4.79 Å². The number of carbonyl (C=O) groups is 2. The molecule has 0 saturated carbocycles. The van der Waals surface area contributed by atoms with E-state index >= 15 is 0 Å². The number of esters is 1. The quantitative estimate of drug-likeness (QED) is 0.223. The number of benzene rings is 2. The number of carbonyl (C=O) groups excluding carboxylic acids is 2. The lowest BCUT2D eigenvalue weighted by atomic mass is 10.00. The number of nitrogens with one attached hydrogen (secondary N) is 2. The molecule has 11 heteroatoms. The van der Waals surface area contributed by atoms with Gasteiger partial charge in [-0.15, -0.1) is 0 Å². The highest BCUT2D eigenvalue weighted by Crippen LogP contribution is 2.44. The fourth-order valence-electron chi connectivity index (χ4n) is 5.02. The third-order valence-electron chi connectivity index (χ3n) is 6.76. The van der Waals surface area contributed by atoms with Gasteiger partial charge in [0.1, 0.15) is 18.4 Å². The second-order valence-electron chi connectivity index (χ2n) is 9.17. The predicted octanol–water partition coefficient (Wildman–Crippen LogP) is 4.43. The monoisotopic (exact) mass is 571 g/mol. The third-order valence-corrected chi connectivity index (χ3v) is 7.08. The van der Waals surface area contributed by atoms with E-state index in [4.69, 9.17) is 26.4 Å². The van der Waals surface area contributed by atoms with Crippen LogP contribution in [0, 0.1) is 0 Å². The van der Waals surface area contributed by atoms with Crippen LogP contribution in [0.5, 0.6) is 5.75 Å². The van der Waals surface area contributed by atoms with E-state index in [0.29, 0.717) is 33.5 Å². The first kappa shape index (κ1) is 27.8. The van der Waals surface area contributed by atoms with Crippen molar-refractivity contribution in [3.05, 3.63) is 102 Å². The summed E-state index contributed by atoms with van der Waals surface area (Å²) in [6.07, 6.45) is 3.64. The molecule has 41 heavy (non-hydrogen) atoms. The van der Waals surface area contributed by atoms with Crippen LogP contribution in [0.3, 0.4) is 0 Å². The summed E-state index contributed by atoms with van der Waals surface area (Å²) in [7, 11) is 4.35. The number of anilines is 2. The van der Waals surface area contributed by atoms with E-state index in [1.165, 1.54) is 21.3 Å². The molecule has 1 aliphatic rings. The molecule has 0 spiro atoms. The molecule has 10 nitrogen and oxygen atoms in total. The molecule has 0 unspecified atom stereocenters. The molecule has 1 fully saturated rings. The van der Waals surface area contributed by atoms with Gasteiger partial charge in [-0.3, -0.25) is 9.78 Å². The number of aromatic nitrogens is 2. The van der Waals surface area contributed by atoms with Crippen LogP contribution in [0.25, 0.3) is 5.69 Å². The average molecular weight is 572 g/mol. The minimum Gasteiger partial charge on any atom is -0.495 e. The second-order valence-corrected chi connectivity index (χ2v) is 9.56. The number of rotatable bonds is 9. The Morgan fingerprint density at radius 1 is 1.02 bits per heavy atom. The number of hydrogen-bond donors (Lipinski definition) is 2. The first-order chi connectivity index (χ1) is 20.0. The topological polar surface area (TPSA) is 107 Å². The lowest BCUT2D eigenvalue weighted by Gasteiger charge is -2.29. The summed E-state index contributed by atoms with van der Waals surface area (Å²) in [5.41, 5.74) is 3.92. The Kier molecular flexibility index (Phi) is 8.27. The number of thiocarbonyl (C=S) groups is 1. The van der Waals surface area contributed by atoms with Gasteiger partial charge in [0.15, 0.2) is 5.11 Å². The minimum atomic E-state index is -0.440. The molecule has 1 saturated heterocycles. The number of amides is 1. The van der Waals surface area contributed by atoms with Crippen molar-refractivity contribution in [2.45, 2.75) is 12.1 Å². The van der Waals surface area contributed by atoms with E-state index in [-0.39, 0.29) is 18.6 Å². The van der Waals surface area contributed by atoms with E-state index in [1.807, 2.05) is 70.3 Å². The number of methoxy groups -OCH3 is 3. The standard InChI is InChI=1S/C30H29N5O5S/c1-38-18-26(36)32-22-17-19(13-14-25(22)39-2)35-28(27(33-30(35)41)21-10-6-7-15-31-21)24-12-8-16-34(24)23-11-5-4-9-20(23)29(37)40-3/h4-17,27-28H,18H2,1-3H3,(H,32,36)(H,33,41)/t27-,28-/m0/s1. The van der Waals surface area contributed by atoms with Gasteiger partial charge in [0, 0.05) is 30.9 Å². The smallest absolute Gasteiger partial charge is 0.339 e. The van der Waals surface area contributed by atoms with Crippen LogP contribution in [0.15, 0.2) is 85.2 Å². The van der Waals surface area contributed by atoms with Gasteiger partial charge in [-0.1, -0.05) is 18.2 Å². The molecule has 210 valence electrons. The van der Waals surface area contributed by atoms with Crippen molar-refractivity contribution in [3.63, 3.8) is 0 Å². The first-order valence-corrected chi connectivity index (χ1v) is 13.2. The number of nitrogens with zero attached hydrogens (tertiary/aromatic N) is 3. The van der Waals surface area contributed by atoms with Crippen molar-refractivity contribution in [3.8, 4) is 11.4 Å². The number of ether oxygens (including phenoxy) is 3. The van der Waals surface area contributed by atoms with Gasteiger partial charge in [-0.05, 0) is 66.8 Å². The van der Waals surface area contributed by atoms with Gasteiger partial charge in [-0.2, -0.15) is 0 Å². The summed E-state index contributed by atoms with van der Waals surface area (Å²) >= 11 is 5.90. The van der Waals surface area contributed by atoms with Crippen LogP contribution in [0.2, 0.25) is 0 Å². The molecular formula is C30H29N5O5S. The summed E-state index contributed by atoms with van der Waals surface area (Å²) in [5.74, 6) is -0.268. The number of pyridine rings is 1. The van der Waals surface area contributed by atoms with Crippen LogP contribution in [-0.2, 0) is 14.3 Å². The van der Waals surface area contributed by atoms with E-state index in [2.05, 4.69) is 15.6 Å². The second kappa shape index (κ2) is 12.2. The van der Waals surface area contributed by atoms with Crippen LogP contribution in [-0.4, -0.2) is 54.5 Å². The molecule has 0 bridgehead atoms. The predicted molar refractivity (Wildman–Crippen MR) is 159 cm³/mol. The highest BCUT2D eigenvalue weighted by Gasteiger charge is 2.42. The zero-order valence-corrected chi connectivity index (χ0v) is 23.6. The maximum atomic E-state index is 12.7. The maximum Gasteiger partial charge on any atom is 0.339 e. The highest BCUT2D eigenvalue weighted by molar-refractivity contribution is 7.80. The molecule has 2 atom stereocenters. The lowest BCUT2D eigenvalue weighted by molar-refractivity contribution is -0.119. The van der Waals surface area contributed by atoms with E-state index < -0.39 is 12.0 Å². The minimum absolute atomic E-state index is 0.103. The molecule has 2 aromatic carbocycles. The number of hydrogen-bond acceptors (Lipinski definition) is 7. The van der Waals surface area contributed by atoms with E-state index in [9.17, 15) is 9.59 Å². The molecule has 1 amide bonds. The summed E-state index contributed by atoms with van der Waals surface area (Å²) in [6, 6.07) is 21.6. The van der Waals surface area contributed by atoms with Crippen molar-refractivity contribution < 1.29 is 23.8 Å². The van der Waals surface area contributed by atoms with Gasteiger partial charge in [0.05, 0.1) is 42.9 Å². The molecule has 5 rings (SSSR count). The van der Waals surface area contributed by atoms with E-state index in [1.54, 1.807) is 24.4 Å². The first-order valence-electron chi connectivity index (χ1n) is 12.8. The largest absolute Gasteiger partial charge is 0.495 e. The molecule has 0 aliphatic carbocycles. The Labute approximate surface area is 242 Å². The van der Waals surface area contributed by atoms with Crippen LogP contribution < -0.4 is 20.3 Å². The summed E-state index contributed by atoms with van der Waals surface area (Å²) in [5, 5.41) is 6.77. The Hall–Kier alpha value is -4.74.